The number of benzene rings is 1. The van der Waals surface area contributed by atoms with Crippen molar-refractivity contribution < 1.29 is 4.79 Å². The molecule has 0 saturated carbocycles. The SMILES string of the molecule is CC[C@H](C)NC(=O)[C@@H]1Cc2ccccc2N2CCN(c3ccccn3)C[C@H]12. The Kier molecular flexibility index (Phi) is 5.01. The van der Waals surface area contributed by atoms with Crippen LogP contribution in [0.25, 0.3) is 0 Å². The quantitative estimate of drug-likeness (QED) is 0.906. The molecular formula is C22H28N4O. The van der Waals surface area contributed by atoms with Gasteiger partial charge in [0.25, 0.3) is 0 Å². The summed E-state index contributed by atoms with van der Waals surface area (Å²) in [4.78, 5) is 22.4. The maximum absolute atomic E-state index is 13.1. The highest BCUT2D eigenvalue weighted by Crippen LogP contribution is 2.36. The smallest absolute Gasteiger partial charge is 0.225 e. The van der Waals surface area contributed by atoms with Gasteiger partial charge in [-0.2, -0.15) is 0 Å². The summed E-state index contributed by atoms with van der Waals surface area (Å²) >= 11 is 0. The Morgan fingerprint density at radius 2 is 2.04 bits per heavy atom. The summed E-state index contributed by atoms with van der Waals surface area (Å²) in [5, 5.41) is 3.22. The predicted octanol–water partition coefficient (Wildman–Crippen LogP) is 2.86. The van der Waals surface area contributed by atoms with Gasteiger partial charge in [-0.3, -0.25) is 4.79 Å². The second-order valence-corrected chi connectivity index (χ2v) is 7.65. The van der Waals surface area contributed by atoms with Crippen molar-refractivity contribution in [2.75, 3.05) is 29.4 Å². The molecule has 1 aromatic carbocycles. The van der Waals surface area contributed by atoms with Crippen molar-refractivity contribution in [1.29, 1.82) is 0 Å². The van der Waals surface area contributed by atoms with Gasteiger partial charge in [0.05, 0.1) is 12.0 Å². The Labute approximate surface area is 161 Å². The standard InChI is InChI=1S/C22H28N4O/c1-3-16(2)24-22(27)18-14-17-8-4-5-9-19(17)26-13-12-25(15-20(18)26)21-10-6-7-11-23-21/h4-11,16,18,20H,3,12-15H2,1-2H3,(H,24,27)/t16-,18+,20+/m0/s1. The lowest BCUT2D eigenvalue weighted by molar-refractivity contribution is -0.126. The molecule has 5 heteroatoms. The van der Waals surface area contributed by atoms with E-state index in [9.17, 15) is 4.79 Å². The molecule has 2 aliphatic rings. The molecule has 2 aliphatic heterocycles. The molecule has 1 saturated heterocycles. The van der Waals surface area contributed by atoms with Gasteiger partial charge in [-0.25, -0.2) is 4.98 Å². The minimum Gasteiger partial charge on any atom is -0.364 e. The number of carbonyl (C=O) groups is 1. The molecular weight excluding hydrogens is 336 g/mol. The van der Waals surface area contributed by atoms with E-state index >= 15 is 0 Å². The fraction of sp³-hybridized carbons (Fsp3) is 0.455. The van der Waals surface area contributed by atoms with Crippen molar-refractivity contribution in [1.82, 2.24) is 10.3 Å². The highest BCUT2D eigenvalue weighted by Gasteiger charge is 2.41. The van der Waals surface area contributed by atoms with E-state index in [0.29, 0.717) is 0 Å². The molecule has 0 radical (unpaired) electrons. The molecule has 2 aromatic rings. The van der Waals surface area contributed by atoms with Crippen molar-refractivity contribution >= 4 is 17.4 Å². The van der Waals surface area contributed by atoms with Crippen LogP contribution in [-0.2, 0) is 11.2 Å². The van der Waals surface area contributed by atoms with Gasteiger partial charge in [-0.1, -0.05) is 31.2 Å². The summed E-state index contributed by atoms with van der Waals surface area (Å²) in [6, 6.07) is 14.9. The van der Waals surface area contributed by atoms with E-state index in [-0.39, 0.29) is 23.9 Å². The minimum atomic E-state index is -0.0413. The molecule has 0 aliphatic carbocycles. The summed E-state index contributed by atoms with van der Waals surface area (Å²) in [5.74, 6) is 1.13. The highest BCUT2D eigenvalue weighted by atomic mass is 16.2. The molecule has 0 unspecified atom stereocenters. The fourth-order valence-corrected chi connectivity index (χ4v) is 4.26. The van der Waals surface area contributed by atoms with Crippen LogP contribution in [0.1, 0.15) is 25.8 Å². The van der Waals surface area contributed by atoms with Gasteiger partial charge in [0.15, 0.2) is 0 Å². The topological polar surface area (TPSA) is 48.5 Å². The van der Waals surface area contributed by atoms with Crippen LogP contribution in [0.5, 0.6) is 0 Å². The number of fused-ring (bicyclic) bond motifs is 3. The summed E-state index contributed by atoms with van der Waals surface area (Å²) in [6.07, 6.45) is 3.59. The van der Waals surface area contributed by atoms with Crippen LogP contribution in [0, 0.1) is 5.92 Å². The second kappa shape index (κ2) is 7.59. The van der Waals surface area contributed by atoms with Gasteiger partial charge in [0, 0.05) is 37.6 Å². The maximum atomic E-state index is 13.1. The van der Waals surface area contributed by atoms with Crippen LogP contribution in [0.15, 0.2) is 48.7 Å². The van der Waals surface area contributed by atoms with Crippen molar-refractivity contribution in [3.63, 3.8) is 0 Å². The zero-order valence-electron chi connectivity index (χ0n) is 16.1. The Balaban J connectivity index is 1.63. The Bertz CT molecular complexity index is 794. The van der Waals surface area contributed by atoms with Crippen LogP contribution in [0.4, 0.5) is 11.5 Å². The normalized spacial score (nSPS) is 22.6. The zero-order valence-corrected chi connectivity index (χ0v) is 16.1. The summed E-state index contributed by atoms with van der Waals surface area (Å²) in [7, 11) is 0. The number of amides is 1. The number of aromatic nitrogens is 1. The van der Waals surface area contributed by atoms with E-state index in [1.807, 2.05) is 18.3 Å². The van der Waals surface area contributed by atoms with Crippen LogP contribution in [-0.4, -0.2) is 42.6 Å². The molecule has 1 aromatic heterocycles. The molecule has 5 nitrogen and oxygen atoms in total. The summed E-state index contributed by atoms with van der Waals surface area (Å²) in [6.45, 7) is 6.83. The number of pyridine rings is 1. The Hall–Kier alpha value is -2.56. The predicted molar refractivity (Wildman–Crippen MR) is 109 cm³/mol. The number of anilines is 2. The van der Waals surface area contributed by atoms with Crippen LogP contribution in [0.2, 0.25) is 0 Å². The number of nitrogens with one attached hydrogen (secondary N) is 1. The lowest BCUT2D eigenvalue weighted by Gasteiger charge is -2.49. The van der Waals surface area contributed by atoms with E-state index in [1.165, 1.54) is 11.3 Å². The molecule has 1 N–H and O–H groups in total. The van der Waals surface area contributed by atoms with E-state index in [1.54, 1.807) is 0 Å². The molecule has 142 valence electrons. The second-order valence-electron chi connectivity index (χ2n) is 7.65. The first-order valence-corrected chi connectivity index (χ1v) is 9.98. The monoisotopic (exact) mass is 364 g/mol. The first-order valence-electron chi connectivity index (χ1n) is 9.98. The van der Waals surface area contributed by atoms with Crippen molar-refractivity contribution in [2.24, 2.45) is 5.92 Å². The molecule has 3 atom stereocenters. The fourth-order valence-electron chi connectivity index (χ4n) is 4.26. The number of hydrogen-bond acceptors (Lipinski definition) is 4. The van der Waals surface area contributed by atoms with Gasteiger partial charge < -0.3 is 15.1 Å². The van der Waals surface area contributed by atoms with Crippen molar-refractivity contribution in [3.05, 3.63) is 54.2 Å². The van der Waals surface area contributed by atoms with Crippen molar-refractivity contribution in [3.8, 4) is 0 Å². The minimum absolute atomic E-state index is 0.0413. The number of para-hydroxylation sites is 1. The molecule has 3 heterocycles. The molecule has 0 spiro atoms. The maximum Gasteiger partial charge on any atom is 0.225 e. The van der Waals surface area contributed by atoms with E-state index < -0.39 is 0 Å². The lowest BCUT2D eigenvalue weighted by Crippen LogP contribution is -2.61. The summed E-state index contributed by atoms with van der Waals surface area (Å²) < 4.78 is 0. The van der Waals surface area contributed by atoms with Crippen LogP contribution >= 0.6 is 0 Å². The summed E-state index contributed by atoms with van der Waals surface area (Å²) in [5.41, 5.74) is 2.57. The van der Waals surface area contributed by atoms with E-state index in [4.69, 9.17) is 0 Å². The Morgan fingerprint density at radius 1 is 1.22 bits per heavy atom. The highest BCUT2D eigenvalue weighted by molar-refractivity contribution is 5.82. The zero-order chi connectivity index (χ0) is 18.8. The number of carbonyl (C=O) groups excluding carboxylic acids is 1. The third-order valence-corrected chi connectivity index (χ3v) is 5.94. The molecule has 1 amide bonds. The van der Waals surface area contributed by atoms with E-state index in [2.05, 4.69) is 64.3 Å². The first-order chi connectivity index (χ1) is 13.2. The largest absolute Gasteiger partial charge is 0.364 e. The van der Waals surface area contributed by atoms with Crippen molar-refractivity contribution in [2.45, 2.75) is 38.8 Å². The molecule has 27 heavy (non-hydrogen) atoms. The van der Waals surface area contributed by atoms with Gasteiger partial charge >= 0.3 is 0 Å². The first kappa shape index (κ1) is 17.8. The van der Waals surface area contributed by atoms with Gasteiger partial charge in [0.1, 0.15) is 5.82 Å². The van der Waals surface area contributed by atoms with Gasteiger partial charge in [-0.05, 0) is 43.5 Å². The average molecular weight is 364 g/mol. The molecule has 4 rings (SSSR count). The number of hydrogen-bond donors (Lipinski definition) is 1. The third kappa shape index (κ3) is 3.51. The van der Waals surface area contributed by atoms with Gasteiger partial charge in [-0.15, -0.1) is 0 Å². The number of rotatable bonds is 4. The van der Waals surface area contributed by atoms with Crippen LogP contribution in [0.3, 0.4) is 0 Å². The van der Waals surface area contributed by atoms with Gasteiger partial charge in [0.2, 0.25) is 5.91 Å². The lowest BCUT2D eigenvalue weighted by atomic mass is 9.83. The van der Waals surface area contributed by atoms with Crippen LogP contribution < -0.4 is 15.1 Å². The van der Waals surface area contributed by atoms with E-state index in [0.717, 1.165) is 38.3 Å². The number of nitrogens with zero attached hydrogens (tertiary/aromatic N) is 3. The average Bonchev–Trinajstić information content (AvgIpc) is 2.73. The molecule has 0 bridgehead atoms. The third-order valence-electron chi connectivity index (χ3n) is 5.94. The number of piperazine rings is 1. The Morgan fingerprint density at radius 3 is 2.81 bits per heavy atom. The molecule has 1 fully saturated rings.